The van der Waals surface area contributed by atoms with Crippen molar-refractivity contribution in [2.75, 3.05) is 19.7 Å². The van der Waals surface area contributed by atoms with E-state index in [4.69, 9.17) is 9.26 Å². The standard InChI is InChI=1S/C16H18FN3O2/c17-13-5-3-11(4-6-13)14-9-20(7-8-21-14)10-15-18-16(19-22-15)12-1-2-12/h3-6,12,14H,1-2,7-10H2/t14-/m1/s1. The summed E-state index contributed by atoms with van der Waals surface area (Å²) in [6.07, 6.45) is 2.30. The molecular formula is C16H18FN3O2. The average molecular weight is 303 g/mol. The van der Waals surface area contributed by atoms with Gasteiger partial charge in [0.05, 0.1) is 19.3 Å². The second kappa shape index (κ2) is 5.78. The van der Waals surface area contributed by atoms with Crippen molar-refractivity contribution in [1.29, 1.82) is 0 Å². The topological polar surface area (TPSA) is 51.4 Å². The molecule has 2 aliphatic rings. The van der Waals surface area contributed by atoms with Crippen LogP contribution in [0.15, 0.2) is 28.8 Å². The summed E-state index contributed by atoms with van der Waals surface area (Å²) in [5.74, 6) is 1.80. The Balaban J connectivity index is 1.40. The Bertz CT molecular complexity index is 639. The van der Waals surface area contributed by atoms with Gasteiger partial charge >= 0.3 is 0 Å². The molecule has 1 aliphatic heterocycles. The zero-order valence-electron chi connectivity index (χ0n) is 12.2. The predicted molar refractivity (Wildman–Crippen MR) is 76.6 cm³/mol. The molecule has 0 amide bonds. The van der Waals surface area contributed by atoms with E-state index in [2.05, 4.69) is 15.0 Å². The zero-order chi connectivity index (χ0) is 14.9. The summed E-state index contributed by atoms with van der Waals surface area (Å²) in [7, 11) is 0. The number of ether oxygens (including phenoxy) is 1. The predicted octanol–water partition coefficient (Wildman–Crippen LogP) is 2.66. The Morgan fingerprint density at radius 2 is 2.05 bits per heavy atom. The van der Waals surface area contributed by atoms with E-state index in [1.807, 2.05) is 0 Å². The van der Waals surface area contributed by atoms with Crippen LogP contribution in [0, 0.1) is 5.82 Å². The largest absolute Gasteiger partial charge is 0.371 e. The summed E-state index contributed by atoms with van der Waals surface area (Å²) < 4.78 is 24.1. The molecule has 0 spiro atoms. The maximum Gasteiger partial charge on any atom is 0.240 e. The van der Waals surface area contributed by atoms with Gasteiger partial charge in [0, 0.05) is 19.0 Å². The molecule has 1 aromatic heterocycles. The van der Waals surface area contributed by atoms with E-state index in [1.165, 1.54) is 25.0 Å². The van der Waals surface area contributed by atoms with Gasteiger partial charge in [0.1, 0.15) is 5.82 Å². The van der Waals surface area contributed by atoms with Crippen molar-refractivity contribution < 1.29 is 13.7 Å². The van der Waals surface area contributed by atoms with Crippen LogP contribution in [0.1, 0.15) is 42.1 Å². The summed E-state index contributed by atoms with van der Waals surface area (Å²) in [5, 5.41) is 4.04. The lowest BCUT2D eigenvalue weighted by Crippen LogP contribution is -2.37. The molecule has 0 N–H and O–H groups in total. The van der Waals surface area contributed by atoms with Crippen LogP contribution in [0.25, 0.3) is 0 Å². The van der Waals surface area contributed by atoms with Crippen LogP contribution in [0.5, 0.6) is 0 Å². The molecule has 0 unspecified atom stereocenters. The summed E-state index contributed by atoms with van der Waals surface area (Å²) in [6.45, 7) is 2.86. The molecule has 2 fully saturated rings. The number of halogens is 1. The molecule has 116 valence electrons. The highest BCUT2D eigenvalue weighted by Crippen LogP contribution is 2.38. The Labute approximate surface area is 128 Å². The fourth-order valence-electron chi connectivity index (χ4n) is 2.76. The molecule has 0 bridgehead atoms. The number of nitrogens with zero attached hydrogens (tertiary/aromatic N) is 3. The van der Waals surface area contributed by atoms with Crippen LogP contribution < -0.4 is 0 Å². The molecule has 1 saturated heterocycles. The average Bonchev–Trinajstić information content (AvgIpc) is 3.29. The molecule has 2 heterocycles. The van der Waals surface area contributed by atoms with Crippen molar-refractivity contribution in [3.63, 3.8) is 0 Å². The molecule has 6 heteroatoms. The van der Waals surface area contributed by atoms with Crippen LogP contribution in [0.4, 0.5) is 4.39 Å². The van der Waals surface area contributed by atoms with Gasteiger partial charge in [-0.3, -0.25) is 4.90 Å². The lowest BCUT2D eigenvalue weighted by atomic mass is 10.1. The number of morpholine rings is 1. The molecule has 22 heavy (non-hydrogen) atoms. The maximum atomic E-state index is 13.0. The summed E-state index contributed by atoms with van der Waals surface area (Å²) >= 11 is 0. The normalized spacial score (nSPS) is 22.9. The van der Waals surface area contributed by atoms with Gasteiger partial charge in [0.15, 0.2) is 5.82 Å². The smallest absolute Gasteiger partial charge is 0.240 e. The van der Waals surface area contributed by atoms with Crippen LogP contribution >= 0.6 is 0 Å². The highest BCUT2D eigenvalue weighted by molar-refractivity contribution is 5.19. The number of rotatable bonds is 4. The number of aromatic nitrogens is 2. The van der Waals surface area contributed by atoms with E-state index in [9.17, 15) is 4.39 Å². The van der Waals surface area contributed by atoms with Gasteiger partial charge in [-0.2, -0.15) is 4.98 Å². The van der Waals surface area contributed by atoms with Crippen molar-refractivity contribution in [2.24, 2.45) is 0 Å². The molecule has 5 nitrogen and oxygen atoms in total. The quantitative estimate of drug-likeness (QED) is 0.869. The maximum absolute atomic E-state index is 13.0. The number of hydrogen-bond donors (Lipinski definition) is 0. The molecule has 0 radical (unpaired) electrons. The van der Waals surface area contributed by atoms with Gasteiger partial charge in [-0.1, -0.05) is 17.3 Å². The third-order valence-corrected chi connectivity index (χ3v) is 4.18. The van der Waals surface area contributed by atoms with Gasteiger partial charge in [0.25, 0.3) is 0 Å². The van der Waals surface area contributed by atoms with E-state index in [0.717, 1.165) is 24.5 Å². The Morgan fingerprint density at radius 3 is 2.82 bits per heavy atom. The molecular weight excluding hydrogens is 285 g/mol. The lowest BCUT2D eigenvalue weighted by Gasteiger charge is -2.32. The summed E-state index contributed by atoms with van der Waals surface area (Å²) in [5.41, 5.74) is 0.996. The molecule has 1 aliphatic carbocycles. The first-order valence-corrected chi connectivity index (χ1v) is 7.70. The monoisotopic (exact) mass is 303 g/mol. The highest BCUT2D eigenvalue weighted by Gasteiger charge is 2.29. The van der Waals surface area contributed by atoms with Gasteiger partial charge in [-0.25, -0.2) is 4.39 Å². The van der Waals surface area contributed by atoms with Gasteiger partial charge in [0.2, 0.25) is 5.89 Å². The Hall–Kier alpha value is -1.79. The first-order valence-electron chi connectivity index (χ1n) is 7.70. The van der Waals surface area contributed by atoms with Crippen LogP contribution in [-0.2, 0) is 11.3 Å². The molecule has 1 aromatic carbocycles. The molecule has 1 atom stereocenters. The Morgan fingerprint density at radius 1 is 1.23 bits per heavy atom. The fraction of sp³-hybridized carbons (Fsp3) is 0.500. The van der Waals surface area contributed by atoms with Gasteiger partial charge in [-0.05, 0) is 30.5 Å². The van der Waals surface area contributed by atoms with Crippen LogP contribution in [0.2, 0.25) is 0 Å². The summed E-state index contributed by atoms with van der Waals surface area (Å²) in [6, 6.07) is 6.50. The zero-order valence-corrected chi connectivity index (χ0v) is 12.2. The van der Waals surface area contributed by atoms with Crippen molar-refractivity contribution >= 4 is 0 Å². The van der Waals surface area contributed by atoms with Crippen molar-refractivity contribution in [1.82, 2.24) is 15.0 Å². The molecule has 4 rings (SSSR count). The van der Waals surface area contributed by atoms with Crippen molar-refractivity contribution in [3.8, 4) is 0 Å². The summed E-state index contributed by atoms with van der Waals surface area (Å²) in [4.78, 5) is 6.70. The highest BCUT2D eigenvalue weighted by atomic mass is 19.1. The molecule has 1 saturated carbocycles. The second-order valence-electron chi connectivity index (χ2n) is 5.97. The van der Waals surface area contributed by atoms with Gasteiger partial charge in [-0.15, -0.1) is 0 Å². The first kappa shape index (κ1) is 13.8. The lowest BCUT2D eigenvalue weighted by molar-refractivity contribution is -0.0356. The minimum atomic E-state index is -0.227. The third-order valence-electron chi connectivity index (χ3n) is 4.18. The fourth-order valence-corrected chi connectivity index (χ4v) is 2.76. The van der Waals surface area contributed by atoms with E-state index < -0.39 is 0 Å². The van der Waals surface area contributed by atoms with Crippen molar-refractivity contribution in [2.45, 2.75) is 31.4 Å². The number of hydrogen-bond acceptors (Lipinski definition) is 5. The van der Waals surface area contributed by atoms with Crippen LogP contribution in [0.3, 0.4) is 0 Å². The Kier molecular flexibility index (Phi) is 3.63. The van der Waals surface area contributed by atoms with E-state index in [-0.39, 0.29) is 11.9 Å². The van der Waals surface area contributed by atoms with E-state index in [1.54, 1.807) is 12.1 Å². The SMILES string of the molecule is Fc1ccc([C@H]2CN(Cc3nc(C4CC4)no3)CCO2)cc1. The van der Waals surface area contributed by atoms with E-state index >= 15 is 0 Å². The van der Waals surface area contributed by atoms with E-state index in [0.29, 0.717) is 25.0 Å². The minimum Gasteiger partial charge on any atom is -0.371 e. The third kappa shape index (κ3) is 3.03. The first-order chi connectivity index (χ1) is 10.8. The minimum absolute atomic E-state index is 0.0415. The van der Waals surface area contributed by atoms with Gasteiger partial charge < -0.3 is 9.26 Å². The second-order valence-corrected chi connectivity index (χ2v) is 5.97. The van der Waals surface area contributed by atoms with Crippen LogP contribution in [-0.4, -0.2) is 34.7 Å². The van der Waals surface area contributed by atoms with Crippen molar-refractivity contribution in [3.05, 3.63) is 47.4 Å². The number of benzene rings is 1. The molecule has 2 aromatic rings.